The number of nitriles is 1. The van der Waals surface area contributed by atoms with E-state index in [0.717, 1.165) is 17.0 Å². The molecule has 4 N–H and O–H groups in total. The van der Waals surface area contributed by atoms with Crippen molar-refractivity contribution in [3.05, 3.63) is 65.1 Å². The number of hydrogen-bond acceptors (Lipinski definition) is 8. The van der Waals surface area contributed by atoms with E-state index in [2.05, 4.69) is 16.4 Å². The minimum atomic E-state index is -4.02. The summed E-state index contributed by atoms with van der Waals surface area (Å²) in [5, 5.41) is 14.8. The van der Waals surface area contributed by atoms with Crippen LogP contribution in [0.4, 0.5) is 10.5 Å². The van der Waals surface area contributed by atoms with Crippen molar-refractivity contribution < 1.29 is 17.9 Å². The average Bonchev–Trinajstić information content (AvgIpc) is 3.24. The first-order chi connectivity index (χ1) is 14.8. The van der Waals surface area contributed by atoms with Gasteiger partial charge in [0, 0.05) is 22.8 Å². The Morgan fingerprint density at radius 3 is 2.45 bits per heavy atom. The van der Waals surface area contributed by atoms with Gasteiger partial charge in [0.1, 0.15) is 22.4 Å². The number of carbonyl (C=O) groups is 1. The number of ether oxygens (including phenoxy) is 1. The number of methoxy groups -OCH3 is 1. The molecule has 31 heavy (non-hydrogen) atoms. The number of nitrogens with zero attached hydrogens (tertiary/aromatic N) is 2. The molecule has 0 fully saturated rings. The van der Waals surface area contributed by atoms with Crippen molar-refractivity contribution in [2.75, 3.05) is 12.4 Å². The van der Waals surface area contributed by atoms with Crippen molar-refractivity contribution in [2.45, 2.75) is 4.90 Å². The molecule has 0 aliphatic carbocycles. The molecule has 11 heteroatoms. The van der Waals surface area contributed by atoms with Gasteiger partial charge in [-0.1, -0.05) is 0 Å². The Labute approximate surface area is 182 Å². The Bertz CT molecular complexity index is 1260. The summed E-state index contributed by atoms with van der Waals surface area (Å²) in [5.74, 6) is 0.741. The maximum Gasteiger partial charge on any atom is 0.326 e. The number of aromatic nitrogens is 1. The van der Waals surface area contributed by atoms with Gasteiger partial charge >= 0.3 is 6.03 Å². The molecule has 9 nitrogen and oxygen atoms in total. The predicted molar refractivity (Wildman–Crippen MR) is 118 cm³/mol. The normalized spacial score (nSPS) is 11.4. The van der Waals surface area contributed by atoms with E-state index in [1.165, 1.54) is 41.8 Å². The summed E-state index contributed by atoms with van der Waals surface area (Å²) in [6.45, 7) is 0. The highest BCUT2D eigenvalue weighted by molar-refractivity contribution is 7.90. The zero-order valence-electron chi connectivity index (χ0n) is 16.2. The summed E-state index contributed by atoms with van der Waals surface area (Å²) in [4.78, 5) is 15.2. The standard InChI is InChI=1S/C20H17N5O4S2/c1-29-16-6-2-13(3-7-16)18-12-30-19(24-18)14(10-21)11-23-15-4-8-17(9-5-15)31(27,28)25-20(22)26/h2-9,11-12,23H,1H3,(H3,22,25,26)/b14-11-. The van der Waals surface area contributed by atoms with Gasteiger partial charge in [0.15, 0.2) is 0 Å². The number of sulfonamides is 1. The third kappa shape index (κ3) is 5.39. The molecular formula is C20H17N5O4S2. The fourth-order valence-electron chi connectivity index (χ4n) is 2.51. The van der Waals surface area contributed by atoms with E-state index in [1.54, 1.807) is 11.8 Å². The minimum Gasteiger partial charge on any atom is -0.497 e. The first-order valence-electron chi connectivity index (χ1n) is 8.72. The predicted octanol–water partition coefficient (Wildman–Crippen LogP) is 3.15. The van der Waals surface area contributed by atoms with E-state index in [0.29, 0.717) is 16.3 Å². The molecule has 1 aromatic heterocycles. The minimum absolute atomic E-state index is 0.120. The molecule has 0 bridgehead atoms. The molecule has 0 saturated heterocycles. The first-order valence-corrected chi connectivity index (χ1v) is 11.1. The van der Waals surface area contributed by atoms with E-state index in [4.69, 9.17) is 10.5 Å². The summed E-state index contributed by atoms with van der Waals surface area (Å²) in [6, 6.07) is 14.0. The number of amides is 2. The zero-order chi connectivity index (χ0) is 22.4. The monoisotopic (exact) mass is 455 g/mol. The molecule has 0 radical (unpaired) electrons. The Balaban J connectivity index is 1.75. The van der Waals surface area contributed by atoms with Crippen LogP contribution in [-0.2, 0) is 10.0 Å². The number of thiazole rings is 1. The SMILES string of the molecule is COc1ccc(-c2csc(/C(C#N)=C\Nc3ccc(S(=O)(=O)NC(N)=O)cc3)n2)cc1. The van der Waals surface area contributed by atoms with Gasteiger partial charge in [0.2, 0.25) is 0 Å². The van der Waals surface area contributed by atoms with Gasteiger partial charge in [-0.15, -0.1) is 11.3 Å². The summed E-state index contributed by atoms with van der Waals surface area (Å²) in [7, 11) is -2.42. The van der Waals surface area contributed by atoms with Crippen LogP contribution in [-0.4, -0.2) is 26.5 Å². The summed E-state index contributed by atoms with van der Waals surface area (Å²) in [6.07, 6.45) is 1.49. The van der Waals surface area contributed by atoms with Crippen LogP contribution in [0.25, 0.3) is 16.8 Å². The number of primary amides is 1. The van der Waals surface area contributed by atoms with Gasteiger partial charge in [0.05, 0.1) is 17.7 Å². The van der Waals surface area contributed by atoms with E-state index < -0.39 is 16.1 Å². The number of benzene rings is 2. The lowest BCUT2D eigenvalue weighted by Crippen LogP contribution is -2.34. The van der Waals surface area contributed by atoms with Gasteiger partial charge in [-0.3, -0.25) is 0 Å². The quantitative estimate of drug-likeness (QED) is 0.464. The molecule has 2 aromatic carbocycles. The molecule has 158 valence electrons. The smallest absolute Gasteiger partial charge is 0.326 e. The zero-order valence-corrected chi connectivity index (χ0v) is 17.8. The molecule has 0 unspecified atom stereocenters. The highest BCUT2D eigenvalue weighted by atomic mass is 32.2. The van der Waals surface area contributed by atoms with E-state index >= 15 is 0 Å². The lowest BCUT2D eigenvalue weighted by Gasteiger charge is -2.06. The van der Waals surface area contributed by atoms with Gasteiger partial charge in [-0.05, 0) is 48.5 Å². The molecule has 0 atom stereocenters. The molecule has 0 aliphatic rings. The lowest BCUT2D eigenvalue weighted by atomic mass is 10.2. The highest BCUT2D eigenvalue weighted by Crippen LogP contribution is 2.27. The van der Waals surface area contributed by atoms with Crippen molar-refractivity contribution >= 4 is 38.7 Å². The Morgan fingerprint density at radius 2 is 1.87 bits per heavy atom. The molecule has 3 aromatic rings. The third-order valence-electron chi connectivity index (χ3n) is 4.02. The fraction of sp³-hybridized carbons (Fsp3) is 0.0500. The second-order valence-electron chi connectivity index (χ2n) is 6.07. The van der Waals surface area contributed by atoms with Crippen LogP contribution in [0, 0.1) is 11.3 Å². The van der Waals surface area contributed by atoms with Crippen LogP contribution in [0.1, 0.15) is 5.01 Å². The number of rotatable bonds is 7. The molecule has 2 amide bonds. The van der Waals surface area contributed by atoms with Gasteiger partial charge in [0.25, 0.3) is 10.0 Å². The van der Waals surface area contributed by atoms with E-state index in [-0.39, 0.29) is 4.90 Å². The highest BCUT2D eigenvalue weighted by Gasteiger charge is 2.15. The van der Waals surface area contributed by atoms with Crippen LogP contribution in [0.5, 0.6) is 5.75 Å². The summed E-state index contributed by atoms with van der Waals surface area (Å²) in [5.41, 5.74) is 7.35. The van der Waals surface area contributed by atoms with Crippen LogP contribution in [0.3, 0.4) is 0 Å². The maximum absolute atomic E-state index is 11.9. The molecule has 0 spiro atoms. The lowest BCUT2D eigenvalue weighted by molar-refractivity contribution is 0.253. The number of hydrogen-bond donors (Lipinski definition) is 3. The summed E-state index contributed by atoms with van der Waals surface area (Å²) >= 11 is 1.33. The van der Waals surface area contributed by atoms with Crippen LogP contribution in [0.15, 0.2) is 65.0 Å². The largest absolute Gasteiger partial charge is 0.497 e. The van der Waals surface area contributed by atoms with Crippen LogP contribution >= 0.6 is 11.3 Å². The molecule has 0 saturated carbocycles. The number of allylic oxidation sites excluding steroid dienone is 1. The van der Waals surface area contributed by atoms with E-state index in [1.807, 2.05) is 29.6 Å². The maximum atomic E-state index is 11.9. The van der Waals surface area contributed by atoms with Crippen molar-refractivity contribution in [2.24, 2.45) is 5.73 Å². The number of urea groups is 1. The molecule has 0 aliphatic heterocycles. The number of carbonyl (C=O) groups excluding carboxylic acids is 1. The third-order valence-corrected chi connectivity index (χ3v) is 6.26. The molecule has 1 heterocycles. The number of nitrogens with one attached hydrogen (secondary N) is 2. The Morgan fingerprint density at radius 1 is 1.19 bits per heavy atom. The first kappa shape index (κ1) is 21.8. The Hall–Kier alpha value is -3.88. The fourth-order valence-corrected chi connectivity index (χ4v) is 4.18. The molecule has 3 rings (SSSR count). The average molecular weight is 456 g/mol. The van der Waals surface area contributed by atoms with Crippen molar-refractivity contribution in [1.82, 2.24) is 9.71 Å². The second-order valence-corrected chi connectivity index (χ2v) is 8.62. The van der Waals surface area contributed by atoms with Gasteiger partial charge < -0.3 is 15.8 Å². The van der Waals surface area contributed by atoms with Crippen LogP contribution in [0.2, 0.25) is 0 Å². The second kappa shape index (κ2) is 9.29. The molecular weight excluding hydrogens is 438 g/mol. The van der Waals surface area contributed by atoms with Crippen LogP contribution < -0.4 is 20.5 Å². The number of anilines is 1. The van der Waals surface area contributed by atoms with Gasteiger partial charge in [-0.25, -0.2) is 22.9 Å². The summed E-state index contributed by atoms with van der Waals surface area (Å²) < 4.78 is 30.6. The topological polar surface area (TPSA) is 147 Å². The van der Waals surface area contributed by atoms with E-state index in [9.17, 15) is 18.5 Å². The van der Waals surface area contributed by atoms with Crippen molar-refractivity contribution in [3.63, 3.8) is 0 Å². The Kier molecular flexibility index (Phi) is 6.54. The van der Waals surface area contributed by atoms with Crippen molar-refractivity contribution in [1.29, 1.82) is 5.26 Å². The number of nitrogens with two attached hydrogens (primary N) is 1. The van der Waals surface area contributed by atoms with Crippen molar-refractivity contribution in [3.8, 4) is 23.1 Å². The van der Waals surface area contributed by atoms with Gasteiger partial charge in [-0.2, -0.15) is 5.26 Å².